The summed E-state index contributed by atoms with van der Waals surface area (Å²) in [4.78, 5) is 9.11. The van der Waals surface area contributed by atoms with E-state index in [1.54, 1.807) is 13.0 Å². The van der Waals surface area contributed by atoms with Crippen molar-refractivity contribution >= 4 is 0 Å². The molecule has 2 heterocycles. The van der Waals surface area contributed by atoms with E-state index in [0.29, 0.717) is 29.4 Å². The number of nitrogens with zero attached hydrogens (tertiary/aromatic N) is 4. The van der Waals surface area contributed by atoms with Gasteiger partial charge in [-0.05, 0) is 25.1 Å². The summed E-state index contributed by atoms with van der Waals surface area (Å²) in [7, 11) is 0. The molecule has 0 atom stereocenters. The van der Waals surface area contributed by atoms with Crippen LogP contribution in [0.5, 0.6) is 0 Å². The third-order valence-electron chi connectivity index (χ3n) is 4.17. The number of aryl methyl sites for hydroxylation is 1. The zero-order chi connectivity index (χ0) is 15.5. The smallest absolute Gasteiger partial charge is 0.241 e. The van der Waals surface area contributed by atoms with Gasteiger partial charge in [-0.25, -0.2) is 4.39 Å². The van der Waals surface area contributed by atoms with Crippen LogP contribution < -0.4 is 0 Å². The van der Waals surface area contributed by atoms with Gasteiger partial charge in [0.05, 0.1) is 6.54 Å². The van der Waals surface area contributed by atoms with Crippen LogP contribution in [0.2, 0.25) is 0 Å². The van der Waals surface area contributed by atoms with Gasteiger partial charge < -0.3 is 9.42 Å². The predicted molar refractivity (Wildman–Crippen MR) is 81.8 cm³/mol. The van der Waals surface area contributed by atoms with Crippen molar-refractivity contribution in [2.45, 2.75) is 20.4 Å². The average Bonchev–Trinajstić information content (AvgIpc) is 2.99. The molecule has 0 spiro atoms. The van der Waals surface area contributed by atoms with E-state index in [2.05, 4.69) is 26.9 Å². The molecular weight excluding hydrogens is 283 g/mol. The molecule has 0 bridgehead atoms. The first-order valence-electron chi connectivity index (χ1n) is 7.69. The van der Waals surface area contributed by atoms with Crippen molar-refractivity contribution in [1.82, 2.24) is 19.9 Å². The van der Waals surface area contributed by atoms with E-state index in [1.165, 1.54) is 6.07 Å². The third kappa shape index (κ3) is 3.34. The van der Waals surface area contributed by atoms with E-state index in [0.717, 1.165) is 32.7 Å². The molecule has 1 aliphatic heterocycles. The monoisotopic (exact) mass is 304 g/mol. The van der Waals surface area contributed by atoms with Gasteiger partial charge in [0.1, 0.15) is 5.82 Å². The quantitative estimate of drug-likeness (QED) is 0.867. The first-order chi connectivity index (χ1) is 10.7. The summed E-state index contributed by atoms with van der Waals surface area (Å²) < 4.78 is 18.9. The summed E-state index contributed by atoms with van der Waals surface area (Å²) in [6, 6.07) is 4.99. The van der Waals surface area contributed by atoms with E-state index >= 15 is 0 Å². The van der Waals surface area contributed by atoms with E-state index < -0.39 is 0 Å². The number of aromatic nitrogens is 2. The van der Waals surface area contributed by atoms with Crippen LogP contribution in [0.1, 0.15) is 18.4 Å². The fraction of sp³-hybridized carbons (Fsp3) is 0.500. The molecule has 0 saturated carbocycles. The lowest BCUT2D eigenvalue weighted by molar-refractivity contribution is 0.121. The van der Waals surface area contributed by atoms with Crippen LogP contribution in [0.25, 0.3) is 11.4 Å². The average molecular weight is 304 g/mol. The first-order valence-corrected chi connectivity index (χ1v) is 7.69. The minimum atomic E-state index is -0.250. The Morgan fingerprint density at radius 2 is 1.91 bits per heavy atom. The van der Waals surface area contributed by atoms with Crippen molar-refractivity contribution < 1.29 is 8.91 Å². The minimum Gasteiger partial charge on any atom is -0.338 e. The second-order valence-electron chi connectivity index (χ2n) is 5.69. The molecule has 5 nitrogen and oxygen atoms in total. The highest BCUT2D eigenvalue weighted by Gasteiger charge is 2.18. The lowest BCUT2D eigenvalue weighted by atomic mass is 10.1. The third-order valence-corrected chi connectivity index (χ3v) is 4.17. The SMILES string of the molecule is CCN1CCN(Cc2nc(-c3ccc(C)c(F)c3)no2)CC1. The molecule has 0 N–H and O–H groups in total. The van der Waals surface area contributed by atoms with Gasteiger partial charge in [-0.1, -0.05) is 24.2 Å². The van der Waals surface area contributed by atoms with Crippen LogP contribution >= 0.6 is 0 Å². The van der Waals surface area contributed by atoms with Crippen molar-refractivity contribution in [3.63, 3.8) is 0 Å². The molecule has 1 aromatic heterocycles. The summed E-state index contributed by atoms with van der Waals surface area (Å²) in [5, 5.41) is 3.96. The van der Waals surface area contributed by atoms with Crippen LogP contribution in [0.3, 0.4) is 0 Å². The van der Waals surface area contributed by atoms with E-state index in [-0.39, 0.29) is 5.82 Å². The van der Waals surface area contributed by atoms with Crippen LogP contribution in [0, 0.1) is 12.7 Å². The minimum absolute atomic E-state index is 0.250. The van der Waals surface area contributed by atoms with Crippen LogP contribution in [0.15, 0.2) is 22.7 Å². The van der Waals surface area contributed by atoms with Crippen molar-refractivity contribution in [2.75, 3.05) is 32.7 Å². The second kappa shape index (κ2) is 6.54. The Kier molecular flexibility index (Phi) is 4.49. The van der Waals surface area contributed by atoms with Crippen LogP contribution in [0.4, 0.5) is 4.39 Å². The van der Waals surface area contributed by atoms with Gasteiger partial charge in [-0.15, -0.1) is 0 Å². The van der Waals surface area contributed by atoms with E-state index in [9.17, 15) is 4.39 Å². The Balaban J connectivity index is 1.65. The second-order valence-corrected chi connectivity index (χ2v) is 5.69. The van der Waals surface area contributed by atoms with Gasteiger partial charge in [0, 0.05) is 31.7 Å². The topological polar surface area (TPSA) is 45.4 Å². The van der Waals surface area contributed by atoms with Gasteiger partial charge >= 0.3 is 0 Å². The number of likely N-dealkylation sites (N-methyl/N-ethyl adjacent to an activating group) is 1. The highest BCUT2D eigenvalue weighted by atomic mass is 19.1. The Morgan fingerprint density at radius 3 is 2.59 bits per heavy atom. The van der Waals surface area contributed by atoms with Crippen molar-refractivity contribution in [3.05, 3.63) is 35.5 Å². The number of halogens is 1. The molecule has 1 saturated heterocycles. The Bertz CT molecular complexity index is 635. The number of benzene rings is 1. The highest BCUT2D eigenvalue weighted by molar-refractivity contribution is 5.54. The summed E-state index contributed by atoms with van der Waals surface area (Å²) in [5.74, 6) is 0.779. The fourth-order valence-electron chi connectivity index (χ4n) is 2.62. The molecule has 118 valence electrons. The number of rotatable bonds is 4. The molecule has 1 aromatic carbocycles. The molecule has 0 unspecified atom stereocenters. The van der Waals surface area contributed by atoms with Gasteiger partial charge in [0.2, 0.25) is 11.7 Å². The Hall–Kier alpha value is -1.79. The highest BCUT2D eigenvalue weighted by Crippen LogP contribution is 2.19. The molecule has 0 radical (unpaired) electrons. The molecule has 6 heteroatoms. The zero-order valence-electron chi connectivity index (χ0n) is 13.0. The van der Waals surface area contributed by atoms with Crippen LogP contribution in [-0.2, 0) is 6.54 Å². The summed E-state index contributed by atoms with van der Waals surface area (Å²) in [6.45, 7) is 9.81. The lowest BCUT2D eigenvalue weighted by Gasteiger charge is -2.33. The predicted octanol–water partition coefficient (Wildman–Crippen LogP) is 2.32. The maximum Gasteiger partial charge on any atom is 0.241 e. The number of hydrogen-bond acceptors (Lipinski definition) is 5. The maximum atomic E-state index is 13.6. The molecule has 1 aliphatic rings. The van der Waals surface area contributed by atoms with Crippen molar-refractivity contribution in [1.29, 1.82) is 0 Å². The van der Waals surface area contributed by atoms with Gasteiger partial charge in [-0.3, -0.25) is 4.90 Å². The molecule has 0 amide bonds. The summed E-state index contributed by atoms with van der Waals surface area (Å²) in [5.41, 5.74) is 1.26. The molecule has 0 aliphatic carbocycles. The fourth-order valence-corrected chi connectivity index (χ4v) is 2.62. The van der Waals surface area contributed by atoms with Gasteiger partial charge in [0.15, 0.2) is 0 Å². The normalized spacial score (nSPS) is 17.0. The standard InChI is InChI=1S/C16H21FN4O/c1-3-20-6-8-21(9-7-20)11-15-18-16(19-22-15)13-5-4-12(2)14(17)10-13/h4-5,10H,3,6-9,11H2,1-2H3. The maximum absolute atomic E-state index is 13.6. The largest absolute Gasteiger partial charge is 0.338 e. The molecule has 22 heavy (non-hydrogen) atoms. The van der Waals surface area contributed by atoms with Crippen molar-refractivity contribution in [2.24, 2.45) is 0 Å². The van der Waals surface area contributed by atoms with Crippen molar-refractivity contribution in [3.8, 4) is 11.4 Å². The number of hydrogen-bond donors (Lipinski definition) is 0. The molecule has 2 aromatic rings. The zero-order valence-corrected chi connectivity index (χ0v) is 13.0. The molecule has 3 rings (SSSR count). The van der Waals surface area contributed by atoms with Gasteiger partial charge in [0.25, 0.3) is 0 Å². The lowest BCUT2D eigenvalue weighted by Crippen LogP contribution is -2.45. The Labute approximate surface area is 129 Å². The van der Waals surface area contributed by atoms with Gasteiger partial charge in [-0.2, -0.15) is 4.98 Å². The Morgan fingerprint density at radius 1 is 1.18 bits per heavy atom. The summed E-state index contributed by atoms with van der Waals surface area (Å²) in [6.07, 6.45) is 0. The van der Waals surface area contributed by atoms with Crippen LogP contribution in [-0.4, -0.2) is 52.7 Å². The number of piperazine rings is 1. The van der Waals surface area contributed by atoms with E-state index in [1.807, 2.05) is 6.07 Å². The first kappa shape index (κ1) is 15.1. The summed E-state index contributed by atoms with van der Waals surface area (Å²) >= 11 is 0. The molecule has 1 fully saturated rings. The molecular formula is C16H21FN4O. The van der Waals surface area contributed by atoms with E-state index in [4.69, 9.17) is 4.52 Å².